The summed E-state index contributed by atoms with van der Waals surface area (Å²) in [5.74, 6) is 0.0743. The molecule has 0 aromatic heterocycles. The van der Waals surface area contributed by atoms with Gasteiger partial charge in [0.05, 0.1) is 6.54 Å². The largest absolute Gasteiger partial charge is 0.355 e. The van der Waals surface area contributed by atoms with Crippen molar-refractivity contribution in [3.63, 3.8) is 0 Å². The third kappa shape index (κ3) is 5.58. The van der Waals surface area contributed by atoms with Gasteiger partial charge < -0.3 is 10.2 Å². The van der Waals surface area contributed by atoms with Crippen molar-refractivity contribution in [3.05, 3.63) is 35.9 Å². The quantitative estimate of drug-likeness (QED) is 0.815. The highest BCUT2D eigenvalue weighted by Gasteiger charge is 2.18. The van der Waals surface area contributed by atoms with Crippen molar-refractivity contribution in [3.8, 4) is 0 Å². The van der Waals surface area contributed by atoms with Gasteiger partial charge in [-0.15, -0.1) is 0 Å². The summed E-state index contributed by atoms with van der Waals surface area (Å²) in [5.41, 5.74) is 1.29. The van der Waals surface area contributed by atoms with E-state index in [1.54, 1.807) is 4.90 Å². The van der Waals surface area contributed by atoms with Crippen molar-refractivity contribution >= 4 is 11.8 Å². The number of hydrogen-bond acceptors (Lipinski definition) is 2. The number of nitrogens with zero attached hydrogens (tertiary/aromatic N) is 1. The smallest absolute Gasteiger partial charge is 0.239 e. The summed E-state index contributed by atoms with van der Waals surface area (Å²) in [6.45, 7) is 1.59. The lowest BCUT2D eigenvalue weighted by atomic mass is 10.1. The zero-order valence-electron chi connectivity index (χ0n) is 12.5. The van der Waals surface area contributed by atoms with Crippen molar-refractivity contribution in [1.29, 1.82) is 0 Å². The van der Waals surface area contributed by atoms with Gasteiger partial charge in [-0.2, -0.15) is 0 Å². The van der Waals surface area contributed by atoms with Crippen molar-refractivity contribution < 1.29 is 9.59 Å². The number of amides is 2. The lowest BCUT2D eigenvalue weighted by Crippen LogP contribution is -2.40. The molecule has 0 unspecified atom stereocenters. The SMILES string of the molecule is O=C(CN1CCCCCC1=O)NCCCc1ccccc1. The van der Waals surface area contributed by atoms with E-state index in [1.165, 1.54) is 5.56 Å². The molecule has 1 fully saturated rings. The molecule has 1 heterocycles. The van der Waals surface area contributed by atoms with Crippen LogP contribution in [0.1, 0.15) is 37.7 Å². The fourth-order valence-corrected chi connectivity index (χ4v) is 2.60. The molecule has 1 aromatic rings. The molecule has 2 amide bonds. The minimum absolute atomic E-state index is 0.0432. The van der Waals surface area contributed by atoms with E-state index >= 15 is 0 Å². The second-order valence-corrected chi connectivity index (χ2v) is 5.57. The van der Waals surface area contributed by atoms with Gasteiger partial charge in [0.1, 0.15) is 0 Å². The first-order chi connectivity index (χ1) is 10.3. The molecule has 1 aliphatic heterocycles. The summed E-state index contributed by atoms with van der Waals surface area (Å²) in [5, 5.41) is 2.91. The lowest BCUT2D eigenvalue weighted by molar-refractivity contribution is -0.135. The maximum Gasteiger partial charge on any atom is 0.239 e. The molecule has 0 radical (unpaired) electrons. The van der Waals surface area contributed by atoms with E-state index in [2.05, 4.69) is 17.4 Å². The summed E-state index contributed by atoms with van der Waals surface area (Å²) in [7, 11) is 0. The van der Waals surface area contributed by atoms with Crippen LogP contribution in [0, 0.1) is 0 Å². The van der Waals surface area contributed by atoms with Crippen LogP contribution in [0.5, 0.6) is 0 Å². The average molecular weight is 288 g/mol. The zero-order valence-corrected chi connectivity index (χ0v) is 12.5. The lowest BCUT2D eigenvalue weighted by Gasteiger charge is -2.19. The minimum atomic E-state index is -0.0432. The van der Waals surface area contributed by atoms with Gasteiger partial charge in [-0.1, -0.05) is 36.8 Å². The molecule has 4 heteroatoms. The normalized spacial score (nSPS) is 15.6. The molecule has 21 heavy (non-hydrogen) atoms. The van der Waals surface area contributed by atoms with E-state index in [9.17, 15) is 9.59 Å². The first-order valence-corrected chi connectivity index (χ1v) is 7.84. The van der Waals surface area contributed by atoms with Crippen LogP contribution in [0.15, 0.2) is 30.3 Å². The minimum Gasteiger partial charge on any atom is -0.355 e. The average Bonchev–Trinajstić information content (AvgIpc) is 2.70. The molecular formula is C17H24N2O2. The fourth-order valence-electron chi connectivity index (χ4n) is 2.60. The Kier molecular flexibility index (Phi) is 6.25. The number of rotatable bonds is 6. The van der Waals surface area contributed by atoms with Gasteiger partial charge in [0.2, 0.25) is 11.8 Å². The Morgan fingerprint density at radius 1 is 1.14 bits per heavy atom. The molecule has 0 saturated carbocycles. The van der Waals surface area contributed by atoms with Gasteiger partial charge in [-0.3, -0.25) is 9.59 Å². The van der Waals surface area contributed by atoms with Crippen LogP contribution in [0.25, 0.3) is 0 Å². The third-order valence-corrected chi connectivity index (χ3v) is 3.81. The Bertz CT molecular complexity index is 459. The maximum atomic E-state index is 11.9. The van der Waals surface area contributed by atoms with Crippen LogP contribution < -0.4 is 5.32 Å². The number of carbonyl (C=O) groups is 2. The van der Waals surface area contributed by atoms with E-state index < -0.39 is 0 Å². The van der Waals surface area contributed by atoms with E-state index in [4.69, 9.17) is 0 Å². The number of hydrogen-bond donors (Lipinski definition) is 1. The van der Waals surface area contributed by atoms with Crippen molar-refractivity contribution in [2.45, 2.75) is 38.5 Å². The van der Waals surface area contributed by atoms with Crippen molar-refractivity contribution in [2.75, 3.05) is 19.6 Å². The Hall–Kier alpha value is -1.84. The molecule has 2 rings (SSSR count). The summed E-state index contributed by atoms with van der Waals surface area (Å²) in [6, 6.07) is 10.2. The second kappa shape index (κ2) is 8.45. The molecule has 0 aliphatic carbocycles. The molecule has 0 bridgehead atoms. The number of benzene rings is 1. The molecular weight excluding hydrogens is 264 g/mol. The highest BCUT2D eigenvalue weighted by atomic mass is 16.2. The first-order valence-electron chi connectivity index (χ1n) is 7.84. The summed E-state index contributed by atoms with van der Waals surface area (Å²) < 4.78 is 0. The predicted octanol–water partition coefficient (Wildman–Crippen LogP) is 2.14. The fraction of sp³-hybridized carbons (Fsp3) is 0.529. The first kappa shape index (κ1) is 15.5. The molecule has 0 atom stereocenters. The second-order valence-electron chi connectivity index (χ2n) is 5.57. The maximum absolute atomic E-state index is 11.9. The molecule has 4 nitrogen and oxygen atoms in total. The van der Waals surface area contributed by atoms with E-state index in [1.807, 2.05) is 18.2 Å². The Morgan fingerprint density at radius 2 is 1.95 bits per heavy atom. The van der Waals surface area contributed by atoms with Gasteiger partial charge in [0, 0.05) is 19.5 Å². The Morgan fingerprint density at radius 3 is 2.76 bits per heavy atom. The predicted molar refractivity (Wildman–Crippen MR) is 82.8 cm³/mol. The monoisotopic (exact) mass is 288 g/mol. The summed E-state index contributed by atoms with van der Waals surface area (Å²) in [4.78, 5) is 25.4. The van der Waals surface area contributed by atoms with Crippen LogP contribution in [0.2, 0.25) is 0 Å². The molecule has 1 aromatic carbocycles. The zero-order chi connectivity index (χ0) is 14.9. The van der Waals surface area contributed by atoms with E-state index in [0.29, 0.717) is 13.0 Å². The van der Waals surface area contributed by atoms with Crippen LogP contribution in [0.3, 0.4) is 0 Å². The Labute approximate surface area is 126 Å². The molecule has 0 spiro atoms. The van der Waals surface area contributed by atoms with Crippen LogP contribution in [-0.2, 0) is 16.0 Å². The van der Waals surface area contributed by atoms with Gasteiger partial charge in [-0.25, -0.2) is 0 Å². The number of likely N-dealkylation sites (tertiary alicyclic amines) is 1. The van der Waals surface area contributed by atoms with E-state index in [-0.39, 0.29) is 18.4 Å². The highest BCUT2D eigenvalue weighted by molar-refractivity contribution is 5.84. The standard InChI is InChI=1S/C17H24N2O2/c20-16(14-19-13-6-2-5-11-17(19)21)18-12-7-10-15-8-3-1-4-9-15/h1,3-4,8-9H,2,5-7,10-14H2,(H,18,20). The van der Waals surface area contributed by atoms with Gasteiger partial charge in [0.15, 0.2) is 0 Å². The van der Waals surface area contributed by atoms with Crippen molar-refractivity contribution in [2.24, 2.45) is 0 Å². The molecule has 1 aliphatic rings. The van der Waals surface area contributed by atoms with Crippen LogP contribution >= 0.6 is 0 Å². The van der Waals surface area contributed by atoms with Crippen LogP contribution in [0.4, 0.5) is 0 Å². The highest BCUT2D eigenvalue weighted by Crippen LogP contribution is 2.10. The summed E-state index contributed by atoms with van der Waals surface area (Å²) in [6.07, 6.45) is 5.51. The molecule has 1 saturated heterocycles. The topological polar surface area (TPSA) is 49.4 Å². The van der Waals surface area contributed by atoms with Gasteiger partial charge >= 0.3 is 0 Å². The number of nitrogens with one attached hydrogen (secondary N) is 1. The summed E-state index contributed by atoms with van der Waals surface area (Å²) >= 11 is 0. The third-order valence-electron chi connectivity index (χ3n) is 3.81. The molecule has 114 valence electrons. The van der Waals surface area contributed by atoms with Crippen molar-refractivity contribution in [1.82, 2.24) is 10.2 Å². The Balaban J connectivity index is 1.64. The van der Waals surface area contributed by atoms with E-state index in [0.717, 1.165) is 38.6 Å². The molecule has 1 N–H and O–H groups in total. The van der Waals surface area contributed by atoms with Gasteiger partial charge in [-0.05, 0) is 31.2 Å². The van der Waals surface area contributed by atoms with Gasteiger partial charge in [0.25, 0.3) is 0 Å². The number of aryl methyl sites for hydroxylation is 1. The number of carbonyl (C=O) groups excluding carboxylic acids is 2. The van der Waals surface area contributed by atoms with Crippen LogP contribution in [-0.4, -0.2) is 36.3 Å².